The lowest BCUT2D eigenvalue weighted by atomic mass is 10.1. The third kappa shape index (κ3) is 3.29. The summed E-state index contributed by atoms with van der Waals surface area (Å²) in [6.45, 7) is 1.05. The zero-order valence-electron chi connectivity index (χ0n) is 15.0. The second-order valence-electron chi connectivity index (χ2n) is 6.98. The summed E-state index contributed by atoms with van der Waals surface area (Å²) in [6, 6.07) is 9.48. The van der Waals surface area contributed by atoms with Crippen LogP contribution in [0.4, 0.5) is 5.13 Å². The standard InChI is InChI=1S/C19H18N6O2S/c26-17(12-6-7-12)22-19-21-14-8-9-24(11-16(14)28-19)18(27)15-10-20-25(23-15)13-4-2-1-3-5-13/h1-5,10,12H,6-9,11H2,(H,21,22,26). The summed E-state index contributed by atoms with van der Waals surface area (Å²) >= 11 is 1.45. The molecule has 9 heteroatoms. The Bertz CT molecular complexity index is 1040. The molecule has 5 rings (SSSR count). The number of benzene rings is 1. The largest absolute Gasteiger partial charge is 0.332 e. The van der Waals surface area contributed by atoms with Gasteiger partial charge in [-0.05, 0) is 25.0 Å². The van der Waals surface area contributed by atoms with Gasteiger partial charge in [-0.2, -0.15) is 9.90 Å². The summed E-state index contributed by atoms with van der Waals surface area (Å²) in [5.41, 5.74) is 2.09. The van der Waals surface area contributed by atoms with Gasteiger partial charge in [-0.15, -0.1) is 5.10 Å². The van der Waals surface area contributed by atoms with Gasteiger partial charge in [-0.25, -0.2) is 4.98 Å². The minimum Gasteiger partial charge on any atom is -0.332 e. The highest BCUT2D eigenvalue weighted by molar-refractivity contribution is 7.15. The summed E-state index contributed by atoms with van der Waals surface area (Å²) in [5, 5.41) is 12.1. The number of carbonyl (C=O) groups is 2. The Balaban J connectivity index is 1.29. The number of thiazole rings is 1. The molecule has 0 bridgehead atoms. The average Bonchev–Trinajstić information content (AvgIpc) is 3.32. The number of fused-ring (bicyclic) bond motifs is 1. The molecule has 28 heavy (non-hydrogen) atoms. The smallest absolute Gasteiger partial charge is 0.276 e. The number of nitrogens with zero attached hydrogens (tertiary/aromatic N) is 5. The Labute approximate surface area is 165 Å². The van der Waals surface area contributed by atoms with Crippen LogP contribution < -0.4 is 5.32 Å². The number of hydrogen-bond donors (Lipinski definition) is 1. The highest BCUT2D eigenvalue weighted by Gasteiger charge is 2.31. The van der Waals surface area contributed by atoms with Crippen LogP contribution in [0.1, 0.15) is 33.9 Å². The van der Waals surface area contributed by atoms with E-state index in [2.05, 4.69) is 20.5 Å². The third-order valence-electron chi connectivity index (χ3n) is 4.89. The first-order chi connectivity index (χ1) is 13.7. The highest BCUT2D eigenvalue weighted by atomic mass is 32.1. The molecule has 0 spiro atoms. The molecule has 3 aromatic rings. The van der Waals surface area contributed by atoms with Crippen molar-refractivity contribution >= 4 is 28.3 Å². The van der Waals surface area contributed by atoms with Gasteiger partial charge in [0.1, 0.15) is 0 Å². The van der Waals surface area contributed by atoms with E-state index < -0.39 is 0 Å². The van der Waals surface area contributed by atoms with Gasteiger partial charge in [0.25, 0.3) is 5.91 Å². The molecular weight excluding hydrogens is 376 g/mol. The summed E-state index contributed by atoms with van der Waals surface area (Å²) in [4.78, 5) is 33.6. The van der Waals surface area contributed by atoms with Crippen molar-refractivity contribution in [1.82, 2.24) is 24.9 Å². The number of anilines is 1. The minimum atomic E-state index is -0.148. The van der Waals surface area contributed by atoms with E-state index in [0.29, 0.717) is 30.3 Å². The predicted molar refractivity (Wildman–Crippen MR) is 103 cm³/mol. The van der Waals surface area contributed by atoms with E-state index in [1.165, 1.54) is 22.3 Å². The first kappa shape index (κ1) is 17.1. The number of rotatable bonds is 4. The molecule has 2 amide bonds. The van der Waals surface area contributed by atoms with Gasteiger partial charge in [0.05, 0.1) is 24.1 Å². The molecule has 1 aromatic carbocycles. The topological polar surface area (TPSA) is 93.0 Å². The molecule has 1 fully saturated rings. The molecular formula is C19H18N6O2S. The summed E-state index contributed by atoms with van der Waals surface area (Å²) in [7, 11) is 0. The van der Waals surface area contributed by atoms with Crippen LogP contribution in [0.3, 0.4) is 0 Å². The van der Waals surface area contributed by atoms with Crippen LogP contribution in [0.25, 0.3) is 5.69 Å². The van der Waals surface area contributed by atoms with Crippen LogP contribution in [-0.4, -0.2) is 43.2 Å². The SMILES string of the molecule is O=C(Nc1nc2c(s1)CN(C(=O)c1cnn(-c3ccccc3)n1)CC2)C1CC1. The lowest BCUT2D eigenvalue weighted by molar-refractivity contribution is -0.117. The molecule has 1 aliphatic heterocycles. The molecule has 1 saturated carbocycles. The quantitative estimate of drug-likeness (QED) is 0.733. The Morgan fingerprint density at radius 1 is 1.18 bits per heavy atom. The molecule has 0 unspecified atom stereocenters. The molecule has 8 nitrogen and oxygen atoms in total. The van der Waals surface area contributed by atoms with Crippen LogP contribution in [0, 0.1) is 5.92 Å². The number of nitrogens with one attached hydrogen (secondary N) is 1. The molecule has 1 N–H and O–H groups in total. The van der Waals surface area contributed by atoms with Crippen LogP contribution >= 0.6 is 11.3 Å². The molecule has 0 saturated heterocycles. The molecule has 0 atom stereocenters. The van der Waals surface area contributed by atoms with E-state index in [0.717, 1.165) is 29.1 Å². The van der Waals surface area contributed by atoms with E-state index in [9.17, 15) is 9.59 Å². The lowest BCUT2D eigenvalue weighted by Gasteiger charge is -2.25. The maximum Gasteiger partial charge on any atom is 0.276 e. The normalized spacial score (nSPS) is 15.9. The molecule has 3 heterocycles. The fourth-order valence-electron chi connectivity index (χ4n) is 3.18. The molecule has 1 aliphatic carbocycles. The number of aromatic nitrogens is 4. The van der Waals surface area contributed by atoms with Crippen molar-refractivity contribution in [2.24, 2.45) is 5.92 Å². The zero-order valence-corrected chi connectivity index (χ0v) is 15.9. The summed E-state index contributed by atoms with van der Waals surface area (Å²) in [5.74, 6) is 0.0487. The van der Waals surface area contributed by atoms with Crippen molar-refractivity contribution in [1.29, 1.82) is 0 Å². The van der Waals surface area contributed by atoms with Gasteiger partial charge in [-0.3, -0.25) is 9.59 Å². The number of hydrogen-bond acceptors (Lipinski definition) is 6. The molecule has 0 radical (unpaired) electrons. The second-order valence-corrected chi connectivity index (χ2v) is 8.07. The Morgan fingerprint density at radius 3 is 2.79 bits per heavy atom. The summed E-state index contributed by atoms with van der Waals surface area (Å²) in [6.07, 6.45) is 4.09. The lowest BCUT2D eigenvalue weighted by Crippen LogP contribution is -2.35. The van der Waals surface area contributed by atoms with Crippen molar-refractivity contribution in [3.05, 3.63) is 52.8 Å². The maximum atomic E-state index is 12.9. The van der Waals surface area contributed by atoms with E-state index in [1.807, 2.05) is 30.3 Å². The van der Waals surface area contributed by atoms with E-state index >= 15 is 0 Å². The second kappa shape index (κ2) is 6.83. The van der Waals surface area contributed by atoms with Gasteiger partial charge < -0.3 is 10.2 Å². The van der Waals surface area contributed by atoms with E-state index in [-0.39, 0.29) is 17.7 Å². The van der Waals surface area contributed by atoms with Gasteiger partial charge in [-0.1, -0.05) is 29.5 Å². The van der Waals surface area contributed by atoms with E-state index in [4.69, 9.17) is 0 Å². The van der Waals surface area contributed by atoms with Gasteiger partial charge in [0.15, 0.2) is 10.8 Å². The van der Waals surface area contributed by atoms with Crippen molar-refractivity contribution in [2.75, 3.05) is 11.9 Å². The fraction of sp³-hybridized carbons (Fsp3) is 0.316. The van der Waals surface area contributed by atoms with Gasteiger partial charge >= 0.3 is 0 Å². The zero-order chi connectivity index (χ0) is 19.1. The number of para-hydroxylation sites is 1. The minimum absolute atomic E-state index is 0.0524. The Morgan fingerprint density at radius 2 is 2.00 bits per heavy atom. The Hall–Kier alpha value is -3.07. The van der Waals surface area contributed by atoms with Crippen molar-refractivity contribution in [2.45, 2.75) is 25.8 Å². The van der Waals surface area contributed by atoms with Crippen LogP contribution in [-0.2, 0) is 17.8 Å². The predicted octanol–water partition coefficient (Wildman–Crippen LogP) is 2.27. The number of amides is 2. The van der Waals surface area contributed by atoms with Gasteiger partial charge in [0, 0.05) is 23.8 Å². The highest BCUT2D eigenvalue weighted by Crippen LogP contribution is 2.33. The molecule has 2 aromatic heterocycles. The fourth-order valence-corrected chi connectivity index (χ4v) is 4.21. The first-order valence-corrected chi connectivity index (χ1v) is 10.1. The summed E-state index contributed by atoms with van der Waals surface area (Å²) < 4.78 is 0. The van der Waals surface area contributed by atoms with Crippen LogP contribution in [0.5, 0.6) is 0 Å². The average molecular weight is 394 g/mol. The van der Waals surface area contributed by atoms with Gasteiger partial charge in [0.2, 0.25) is 5.91 Å². The van der Waals surface area contributed by atoms with Crippen LogP contribution in [0.2, 0.25) is 0 Å². The first-order valence-electron chi connectivity index (χ1n) is 9.24. The third-order valence-corrected chi connectivity index (χ3v) is 5.89. The monoisotopic (exact) mass is 394 g/mol. The van der Waals surface area contributed by atoms with Crippen molar-refractivity contribution in [3.8, 4) is 5.69 Å². The molecule has 142 valence electrons. The van der Waals surface area contributed by atoms with Crippen molar-refractivity contribution < 1.29 is 9.59 Å². The van der Waals surface area contributed by atoms with Crippen molar-refractivity contribution in [3.63, 3.8) is 0 Å². The number of carbonyl (C=O) groups excluding carboxylic acids is 2. The van der Waals surface area contributed by atoms with Crippen LogP contribution in [0.15, 0.2) is 36.5 Å². The van der Waals surface area contributed by atoms with E-state index in [1.54, 1.807) is 4.90 Å². The molecule has 2 aliphatic rings. The maximum absolute atomic E-state index is 12.9. The Kier molecular flexibility index (Phi) is 4.16.